The molecule has 7 N–H and O–H groups in total. The lowest BCUT2D eigenvalue weighted by atomic mass is 10.1. The molecule has 0 fully saturated rings. The van der Waals surface area contributed by atoms with E-state index in [1.54, 1.807) is 36.5 Å². The van der Waals surface area contributed by atoms with Gasteiger partial charge in [-0.25, -0.2) is 19.2 Å². The summed E-state index contributed by atoms with van der Waals surface area (Å²) in [6.07, 6.45) is 1.55. The molecular formula is C26H33FN8O2. The van der Waals surface area contributed by atoms with E-state index in [1.807, 2.05) is 20.8 Å². The number of nitrogens with one attached hydrogen (secondary N) is 5. The molecular weight excluding hydrogens is 475 g/mol. The number of benzene rings is 1. The number of anilines is 3. The zero-order valence-corrected chi connectivity index (χ0v) is 21.2. The van der Waals surface area contributed by atoms with E-state index in [2.05, 4.69) is 36.6 Å². The number of hydrogen-bond acceptors (Lipinski definition) is 7. The van der Waals surface area contributed by atoms with Gasteiger partial charge in [0, 0.05) is 44.0 Å². The van der Waals surface area contributed by atoms with E-state index in [9.17, 15) is 14.0 Å². The molecule has 3 aromatic rings. The fourth-order valence-electron chi connectivity index (χ4n) is 3.40. The number of halogens is 1. The summed E-state index contributed by atoms with van der Waals surface area (Å²) in [5, 5.41) is 14.4. The van der Waals surface area contributed by atoms with Gasteiger partial charge >= 0.3 is 6.03 Å². The quantitative estimate of drug-likeness (QED) is 0.218. The molecule has 0 aliphatic rings. The largest absolute Gasteiger partial charge is 0.384 e. The average molecular weight is 509 g/mol. The van der Waals surface area contributed by atoms with E-state index in [-0.39, 0.29) is 18.1 Å². The molecule has 0 atom stereocenters. The minimum atomic E-state index is -0.618. The Labute approximate surface area is 215 Å². The highest BCUT2D eigenvalue weighted by molar-refractivity contribution is 5.99. The zero-order chi connectivity index (χ0) is 26.8. The van der Waals surface area contributed by atoms with Crippen LogP contribution in [0.5, 0.6) is 0 Å². The topological polar surface area (TPSA) is 146 Å². The number of hydrogen-bond donors (Lipinski definition) is 6. The summed E-state index contributed by atoms with van der Waals surface area (Å²) in [7, 11) is 0. The second kappa shape index (κ2) is 13.2. The Kier molecular flexibility index (Phi) is 9.73. The van der Waals surface area contributed by atoms with Crippen LogP contribution in [0.4, 0.5) is 26.5 Å². The van der Waals surface area contributed by atoms with Crippen molar-refractivity contribution in [2.24, 2.45) is 0 Å². The zero-order valence-electron chi connectivity index (χ0n) is 21.2. The molecule has 0 spiro atoms. The number of rotatable bonds is 11. The van der Waals surface area contributed by atoms with Gasteiger partial charge in [0.05, 0.1) is 16.9 Å². The Morgan fingerprint density at radius 2 is 1.86 bits per heavy atom. The van der Waals surface area contributed by atoms with Crippen LogP contribution in [0.1, 0.15) is 36.7 Å². The SMILES string of the molecule is CCNc1nc(-c2ccc(NC(=O)NCc3ccc(N)nc3)c(F)c2)ccc1C(=O)NCCNC(C)C. The highest BCUT2D eigenvalue weighted by atomic mass is 19.1. The Morgan fingerprint density at radius 1 is 1.05 bits per heavy atom. The van der Waals surface area contributed by atoms with Crippen molar-refractivity contribution < 1.29 is 14.0 Å². The minimum Gasteiger partial charge on any atom is -0.384 e. The number of pyridine rings is 2. The molecule has 0 saturated carbocycles. The molecule has 0 unspecified atom stereocenters. The summed E-state index contributed by atoms with van der Waals surface area (Å²) in [5.41, 5.74) is 7.72. The Balaban J connectivity index is 1.66. The molecule has 3 rings (SSSR count). The lowest BCUT2D eigenvalue weighted by Crippen LogP contribution is -2.35. The van der Waals surface area contributed by atoms with Crippen LogP contribution in [0.2, 0.25) is 0 Å². The number of nitrogens with two attached hydrogens (primary N) is 1. The van der Waals surface area contributed by atoms with Gasteiger partial charge in [-0.15, -0.1) is 0 Å². The third kappa shape index (κ3) is 8.14. The molecule has 37 heavy (non-hydrogen) atoms. The van der Waals surface area contributed by atoms with Crippen LogP contribution < -0.4 is 32.3 Å². The smallest absolute Gasteiger partial charge is 0.319 e. The second-order valence-corrected chi connectivity index (χ2v) is 8.58. The van der Waals surface area contributed by atoms with Crippen molar-refractivity contribution in [3.05, 3.63) is 65.6 Å². The van der Waals surface area contributed by atoms with Crippen LogP contribution in [0.15, 0.2) is 48.7 Å². The fraction of sp³-hybridized carbons (Fsp3) is 0.308. The summed E-state index contributed by atoms with van der Waals surface area (Å²) in [5.74, 6) is -0.0661. The van der Waals surface area contributed by atoms with Crippen LogP contribution in [0.25, 0.3) is 11.3 Å². The Morgan fingerprint density at radius 3 is 2.54 bits per heavy atom. The number of urea groups is 1. The van der Waals surface area contributed by atoms with Gasteiger partial charge in [-0.3, -0.25) is 4.79 Å². The number of nitrogen functional groups attached to an aromatic ring is 1. The number of aromatic nitrogens is 2. The van der Waals surface area contributed by atoms with Gasteiger partial charge < -0.3 is 32.3 Å². The van der Waals surface area contributed by atoms with E-state index in [0.29, 0.717) is 54.1 Å². The Bertz CT molecular complexity index is 1220. The van der Waals surface area contributed by atoms with Crippen molar-refractivity contribution in [3.63, 3.8) is 0 Å². The van der Waals surface area contributed by atoms with E-state index < -0.39 is 11.8 Å². The molecule has 10 nitrogen and oxygen atoms in total. The van der Waals surface area contributed by atoms with E-state index in [1.165, 1.54) is 12.1 Å². The van der Waals surface area contributed by atoms with Crippen molar-refractivity contribution in [3.8, 4) is 11.3 Å². The first-order chi connectivity index (χ1) is 17.8. The maximum atomic E-state index is 14.8. The molecule has 3 amide bonds. The van der Waals surface area contributed by atoms with E-state index in [4.69, 9.17) is 5.73 Å². The molecule has 11 heteroatoms. The first kappa shape index (κ1) is 27.3. The predicted octanol–water partition coefficient (Wildman–Crippen LogP) is 3.35. The maximum Gasteiger partial charge on any atom is 0.319 e. The molecule has 0 bridgehead atoms. The summed E-state index contributed by atoms with van der Waals surface area (Å²) in [4.78, 5) is 33.4. The minimum absolute atomic E-state index is 0.0228. The van der Waals surface area contributed by atoms with Crippen molar-refractivity contribution in [1.29, 1.82) is 0 Å². The van der Waals surface area contributed by atoms with Crippen molar-refractivity contribution in [1.82, 2.24) is 25.9 Å². The molecule has 196 valence electrons. The molecule has 0 saturated heterocycles. The van der Waals surface area contributed by atoms with Crippen LogP contribution in [0, 0.1) is 5.82 Å². The second-order valence-electron chi connectivity index (χ2n) is 8.58. The summed E-state index contributed by atoms with van der Waals surface area (Å²) < 4.78 is 14.8. The van der Waals surface area contributed by atoms with Crippen LogP contribution in [-0.2, 0) is 6.54 Å². The normalized spacial score (nSPS) is 10.7. The third-order valence-electron chi connectivity index (χ3n) is 5.26. The van der Waals surface area contributed by atoms with Gasteiger partial charge in [0.2, 0.25) is 0 Å². The van der Waals surface area contributed by atoms with E-state index >= 15 is 0 Å². The first-order valence-electron chi connectivity index (χ1n) is 12.1. The highest BCUT2D eigenvalue weighted by Gasteiger charge is 2.15. The summed E-state index contributed by atoms with van der Waals surface area (Å²) in [6, 6.07) is 10.9. The number of carbonyl (C=O) groups is 2. The van der Waals surface area contributed by atoms with E-state index in [0.717, 1.165) is 5.56 Å². The monoisotopic (exact) mass is 508 g/mol. The third-order valence-corrected chi connectivity index (χ3v) is 5.26. The molecule has 0 radical (unpaired) electrons. The van der Waals surface area contributed by atoms with Crippen LogP contribution >= 0.6 is 0 Å². The van der Waals surface area contributed by atoms with Gasteiger partial charge in [-0.1, -0.05) is 26.0 Å². The first-order valence-corrected chi connectivity index (χ1v) is 12.1. The van der Waals surface area contributed by atoms with Gasteiger partial charge in [0.15, 0.2) is 0 Å². The average Bonchev–Trinajstić information content (AvgIpc) is 2.87. The maximum absolute atomic E-state index is 14.8. The fourth-order valence-corrected chi connectivity index (χ4v) is 3.40. The predicted molar refractivity (Wildman–Crippen MR) is 144 cm³/mol. The molecule has 0 aliphatic carbocycles. The molecule has 2 aromatic heterocycles. The number of amides is 3. The molecule has 2 heterocycles. The lowest BCUT2D eigenvalue weighted by Gasteiger charge is -2.14. The van der Waals surface area contributed by atoms with Crippen molar-refractivity contribution >= 4 is 29.3 Å². The van der Waals surface area contributed by atoms with Crippen LogP contribution in [-0.4, -0.2) is 47.6 Å². The Hall–Kier alpha value is -4.25. The molecule has 1 aromatic carbocycles. The lowest BCUT2D eigenvalue weighted by molar-refractivity contribution is 0.0954. The van der Waals surface area contributed by atoms with Crippen LogP contribution in [0.3, 0.4) is 0 Å². The van der Waals surface area contributed by atoms with Gasteiger partial charge in [-0.2, -0.15) is 0 Å². The summed E-state index contributed by atoms with van der Waals surface area (Å²) in [6.45, 7) is 7.88. The summed E-state index contributed by atoms with van der Waals surface area (Å²) >= 11 is 0. The van der Waals surface area contributed by atoms with Gasteiger partial charge in [0.25, 0.3) is 5.91 Å². The highest BCUT2D eigenvalue weighted by Crippen LogP contribution is 2.26. The number of nitrogens with zero attached hydrogens (tertiary/aromatic N) is 2. The van der Waals surface area contributed by atoms with Gasteiger partial charge in [-0.05, 0) is 42.8 Å². The van der Waals surface area contributed by atoms with Gasteiger partial charge in [0.1, 0.15) is 17.5 Å². The number of carbonyl (C=O) groups excluding carboxylic acids is 2. The van der Waals surface area contributed by atoms with Crippen molar-refractivity contribution in [2.75, 3.05) is 36.0 Å². The standard InChI is InChI=1S/C26H33FN8O2/c1-4-29-24-19(25(36)31-12-11-30-16(2)3)7-9-21(34-24)18-6-8-22(20(27)13-18)35-26(37)33-15-17-5-10-23(28)32-14-17/h5-10,13-14,16,30H,4,11-12,15H2,1-3H3,(H2,28,32)(H,29,34)(H,31,36)(H2,33,35,37). The van der Waals surface area contributed by atoms with Crippen molar-refractivity contribution in [2.45, 2.75) is 33.4 Å². The molecule has 0 aliphatic heterocycles.